The molecule has 5 heteroatoms. The highest BCUT2D eigenvalue weighted by Gasteiger charge is 2.05. The molecule has 0 aliphatic heterocycles. The number of quaternary nitrogens is 2. The number of hydrogen-bond donors (Lipinski definition) is 2. The van der Waals surface area contributed by atoms with Crippen LogP contribution in [-0.4, -0.2) is 30.1 Å². The Balaban J connectivity index is 3.21. The summed E-state index contributed by atoms with van der Waals surface area (Å²) >= 11 is 1.54. The Morgan fingerprint density at radius 1 is 1.70 bits per heavy atom. The number of carboxylic acid groups (broad SMARTS) is 1. The average Bonchev–Trinajstić information content (AvgIpc) is 1.88. The molecule has 0 aliphatic carbocycles. The van der Waals surface area contributed by atoms with E-state index >= 15 is 0 Å². The molecule has 0 aromatic rings. The summed E-state index contributed by atoms with van der Waals surface area (Å²) in [5.74, 6) is 0.341. The van der Waals surface area contributed by atoms with Gasteiger partial charge in [0.05, 0.1) is 18.3 Å². The van der Waals surface area contributed by atoms with Gasteiger partial charge in [0.25, 0.3) is 0 Å². The lowest BCUT2D eigenvalue weighted by Gasteiger charge is -2.06. The lowest BCUT2D eigenvalue weighted by molar-refractivity contribution is -0.431. The molecule has 0 unspecified atom stereocenters. The first-order valence-electron chi connectivity index (χ1n) is 3.09. The van der Waals surface area contributed by atoms with Gasteiger partial charge in [0, 0.05) is 5.75 Å². The molecule has 0 aromatic carbocycles. The van der Waals surface area contributed by atoms with Crippen molar-refractivity contribution in [2.45, 2.75) is 6.04 Å². The van der Waals surface area contributed by atoms with Crippen molar-refractivity contribution < 1.29 is 21.4 Å². The van der Waals surface area contributed by atoms with Gasteiger partial charge in [0.15, 0.2) is 0 Å². The van der Waals surface area contributed by atoms with E-state index < -0.39 is 12.0 Å². The Kier molecular flexibility index (Phi) is 5.38. The van der Waals surface area contributed by atoms with Gasteiger partial charge >= 0.3 is 0 Å². The molecule has 4 nitrogen and oxygen atoms in total. The van der Waals surface area contributed by atoms with Crippen molar-refractivity contribution in [2.75, 3.05) is 18.1 Å². The van der Waals surface area contributed by atoms with Crippen molar-refractivity contribution in [3.63, 3.8) is 0 Å². The van der Waals surface area contributed by atoms with E-state index in [1.54, 1.807) is 11.8 Å². The highest BCUT2D eigenvalue weighted by atomic mass is 32.2. The van der Waals surface area contributed by atoms with E-state index in [0.29, 0.717) is 5.75 Å². The summed E-state index contributed by atoms with van der Waals surface area (Å²) in [6.45, 7) is 0.824. The first-order chi connectivity index (χ1) is 4.68. The molecule has 0 rings (SSSR count). The van der Waals surface area contributed by atoms with Crippen molar-refractivity contribution in [1.82, 2.24) is 0 Å². The number of hydrogen-bond acceptors (Lipinski definition) is 3. The molecule has 0 aliphatic rings. The van der Waals surface area contributed by atoms with E-state index in [2.05, 4.69) is 11.5 Å². The van der Waals surface area contributed by atoms with Crippen LogP contribution in [0.25, 0.3) is 0 Å². The Morgan fingerprint density at radius 3 is 2.70 bits per heavy atom. The second kappa shape index (κ2) is 5.52. The highest BCUT2D eigenvalue weighted by molar-refractivity contribution is 7.99. The van der Waals surface area contributed by atoms with Crippen molar-refractivity contribution in [1.29, 1.82) is 0 Å². The molecule has 60 valence electrons. The SMILES string of the molecule is [NH3+]CCSC[C@H]([NH3+])C(=O)[O-]. The standard InChI is InChI=1S/C5H12N2O2S/c6-1-2-10-3-4(7)5(8)9/h4H,1-3,6-7H2,(H,8,9)/p+1/t4-/m0/s1. The first-order valence-corrected chi connectivity index (χ1v) is 4.25. The lowest BCUT2D eigenvalue weighted by Crippen LogP contribution is -2.69. The molecule has 0 radical (unpaired) electrons. The zero-order chi connectivity index (χ0) is 7.98. The fraction of sp³-hybridized carbons (Fsp3) is 0.800. The van der Waals surface area contributed by atoms with Gasteiger partial charge < -0.3 is 21.4 Å². The lowest BCUT2D eigenvalue weighted by atomic mass is 10.4. The van der Waals surface area contributed by atoms with Crippen molar-refractivity contribution in [3.05, 3.63) is 0 Å². The fourth-order valence-corrected chi connectivity index (χ4v) is 1.19. The maximum absolute atomic E-state index is 10.1. The second-order valence-corrected chi connectivity index (χ2v) is 3.09. The quantitative estimate of drug-likeness (QED) is 0.411. The van der Waals surface area contributed by atoms with Crippen LogP contribution in [0.2, 0.25) is 0 Å². The number of thioether (sulfide) groups is 1. The van der Waals surface area contributed by atoms with Crippen LogP contribution in [0.4, 0.5) is 0 Å². The summed E-state index contributed by atoms with van der Waals surface area (Å²) in [5, 5.41) is 10.1. The molecule has 6 N–H and O–H groups in total. The summed E-state index contributed by atoms with van der Waals surface area (Å²) in [6.07, 6.45) is 0. The van der Waals surface area contributed by atoms with Gasteiger partial charge in [-0.3, -0.25) is 0 Å². The third kappa shape index (κ3) is 4.60. The van der Waals surface area contributed by atoms with Gasteiger partial charge in [-0.05, 0) is 0 Å². The molecule has 0 heterocycles. The van der Waals surface area contributed by atoms with Crippen LogP contribution < -0.4 is 16.6 Å². The van der Waals surface area contributed by atoms with E-state index in [4.69, 9.17) is 0 Å². The molecule has 1 atom stereocenters. The van der Waals surface area contributed by atoms with Crippen LogP contribution in [0.15, 0.2) is 0 Å². The predicted molar refractivity (Wildman–Crippen MR) is 36.8 cm³/mol. The number of carbonyl (C=O) groups is 1. The van der Waals surface area contributed by atoms with Gasteiger partial charge in [-0.1, -0.05) is 0 Å². The summed E-state index contributed by atoms with van der Waals surface area (Å²) < 4.78 is 0. The smallest absolute Gasteiger partial charge is 0.134 e. The molecule has 0 bridgehead atoms. The molecular weight excluding hydrogens is 152 g/mol. The van der Waals surface area contributed by atoms with E-state index in [9.17, 15) is 9.90 Å². The number of rotatable bonds is 5. The Hall–Kier alpha value is -0.260. The maximum Gasteiger partial charge on any atom is 0.134 e. The van der Waals surface area contributed by atoms with Gasteiger partial charge in [0.2, 0.25) is 0 Å². The summed E-state index contributed by atoms with van der Waals surface area (Å²) in [5.41, 5.74) is 7.03. The predicted octanol–water partition coefficient (Wildman–Crippen LogP) is -3.68. The summed E-state index contributed by atoms with van der Waals surface area (Å²) in [6, 6.07) is -0.587. The van der Waals surface area contributed by atoms with Crippen LogP contribution in [0.1, 0.15) is 0 Å². The van der Waals surface area contributed by atoms with Crippen molar-refractivity contribution in [3.8, 4) is 0 Å². The molecule has 0 fully saturated rings. The Bertz CT molecular complexity index is 110. The van der Waals surface area contributed by atoms with E-state index in [1.165, 1.54) is 0 Å². The monoisotopic (exact) mass is 165 g/mol. The Morgan fingerprint density at radius 2 is 2.30 bits per heavy atom. The normalized spacial score (nSPS) is 13.0. The summed E-state index contributed by atoms with van der Waals surface area (Å²) in [4.78, 5) is 10.1. The molecule has 0 saturated heterocycles. The molecular formula is C5H13N2O2S+. The Labute approximate surface area is 64.0 Å². The van der Waals surface area contributed by atoms with Crippen molar-refractivity contribution in [2.24, 2.45) is 0 Å². The van der Waals surface area contributed by atoms with Gasteiger partial charge in [0.1, 0.15) is 6.04 Å². The summed E-state index contributed by atoms with van der Waals surface area (Å²) in [7, 11) is 0. The van der Waals surface area contributed by atoms with E-state index in [1.807, 2.05) is 0 Å². The van der Waals surface area contributed by atoms with Crippen LogP contribution in [-0.2, 0) is 4.79 Å². The first kappa shape index (κ1) is 9.74. The molecule has 0 saturated carbocycles. The van der Waals surface area contributed by atoms with Crippen LogP contribution in [0.5, 0.6) is 0 Å². The van der Waals surface area contributed by atoms with Gasteiger partial charge in [-0.2, -0.15) is 0 Å². The third-order valence-corrected chi connectivity index (χ3v) is 2.16. The zero-order valence-corrected chi connectivity index (χ0v) is 6.65. The van der Waals surface area contributed by atoms with E-state index in [-0.39, 0.29) is 0 Å². The number of carbonyl (C=O) groups excluding carboxylic acids is 1. The van der Waals surface area contributed by atoms with Gasteiger partial charge in [-0.25, -0.2) is 0 Å². The molecule has 0 amide bonds. The molecule has 0 aromatic heterocycles. The number of aliphatic carboxylic acids is 1. The fourth-order valence-electron chi connectivity index (χ4n) is 0.396. The highest BCUT2D eigenvalue weighted by Crippen LogP contribution is 1.97. The largest absolute Gasteiger partial charge is 0.544 e. The van der Waals surface area contributed by atoms with Crippen LogP contribution in [0.3, 0.4) is 0 Å². The molecule has 10 heavy (non-hydrogen) atoms. The minimum Gasteiger partial charge on any atom is -0.544 e. The number of carboxylic acids is 1. The second-order valence-electron chi connectivity index (χ2n) is 1.94. The minimum absolute atomic E-state index is 0.526. The maximum atomic E-state index is 10.1. The zero-order valence-electron chi connectivity index (χ0n) is 5.84. The average molecular weight is 165 g/mol. The van der Waals surface area contributed by atoms with Crippen LogP contribution in [0, 0.1) is 0 Å². The van der Waals surface area contributed by atoms with Gasteiger partial charge in [-0.15, -0.1) is 11.8 Å². The van der Waals surface area contributed by atoms with Crippen LogP contribution >= 0.6 is 11.8 Å². The van der Waals surface area contributed by atoms with Crippen molar-refractivity contribution >= 4 is 17.7 Å². The van der Waals surface area contributed by atoms with E-state index in [0.717, 1.165) is 12.3 Å². The topological polar surface area (TPSA) is 95.4 Å². The third-order valence-electron chi connectivity index (χ3n) is 0.941. The molecule has 0 spiro atoms. The minimum atomic E-state index is -1.07.